The first-order valence-corrected chi connectivity index (χ1v) is 5.29. The van der Waals surface area contributed by atoms with Crippen LogP contribution in [0.1, 0.15) is 0 Å². The van der Waals surface area contributed by atoms with Gasteiger partial charge in [-0.05, 0) is 12.1 Å². The number of amides is 4. The first-order valence-electron chi connectivity index (χ1n) is 5.29. The van der Waals surface area contributed by atoms with Crippen LogP contribution in [-0.4, -0.2) is 35.6 Å². The van der Waals surface area contributed by atoms with E-state index in [1.807, 2.05) is 0 Å². The first kappa shape index (κ1) is 10.6. The van der Waals surface area contributed by atoms with E-state index in [4.69, 9.17) is 0 Å². The second-order valence-electron chi connectivity index (χ2n) is 4.20. The smallest absolute Gasteiger partial charge is 0.282 e. The van der Waals surface area contributed by atoms with E-state index in [1.165, 1.54) is 7.05 Å². The molecule has 2 aliphatic rings. The monoisotopic (exact) mass is 244 g/mol. The highest BCUT2D eigenvalue weighted by Gasteiger charge is 2.79. The lowest BCUT2D eigenvalue weighted by molar-refractivity contribution is -0.184. The summed E-state index contributed by atoms with van der Waals surface area (Å²) in [5.41, 5.74) is -1.71. The van der Waals surface area contributed by atoms with Gasteiger partial charge in [-0.3, -0.25) is 24.1 Å². The number of hydrogen-bond donors (Lipinski definition) is 0. The van der Waals surface area contributed by atoms with Crippen molar-refractivity contribution in [3.05, 3.63) is 30.3 Å². The van der Waals surface area contributed by atoms with Crippen LogP contribution in [0.5, 0.6) is 0 Å². The molecule has 0 N–H and O–H groups in total. The van der Waals surface area contributed by atoms with Gasteiger partial charge in [0.1, 0.15) is 0 Å². The third-order valence-electron chi connectivity index (χ3n) is 3.31. The van der Waals surface area contributed by atoms with Crippen LogP contribution >= 0.6 is 0 Å². The summed E-state index contributed by atoms with van der Waals surface area (Å²) in [4.78, 5) is 48.8. The molecule has 2 fully saturated rings. The molecule has 3 rings (SSSR count). The fourth-order valence-corrected chi connectivity index (χ4v) is 2.28. The van der Waals surface area contributed by atoms with Crippen LogP contribution in [0.2, 0.25) is 0 Å². The molecule has 0 aromatic heterocycles. The van der Waals surface area contributed by atoms with Crippen molar-refractivity contribution in [2.75, 3.05) is 11.9 Å². The Labute approximate surface area is 102 Å². The van der Waals surface area contributed by atoms with Crippen molar-refractivity contribution in [1.29, 1.82) is 0 Å². The lowest BCUT2D eigenvalue weighted by Gasteiger charge is -2.51. The van der Waals surface area contributed by atoms with E-state index in [9.17, 15) is 19.2 Å². The molecule has 0 radical (unpaired) electrons. The van der Waals surface area contributed by atoms with Gasteiger partial charge in [-0.15, -0.1) is 0 Å². The van der Waals surface area contributed by atoms with Crippen molar-refractivity contribution in [3.63, 3.8) is 0 Å². The van der Waals surface area contributed by atoms with Crippen molar-refractivity contribution in [2.45, 2.75) is 0 Å². The van der Waals surface area contributed by atoms with Crippen LogP contribution in [0.15, 0.2) is 30.3 Å². The number of rotatable bonds is 1. The Hall–Kier alpha value is -2.50. The van der Waals surface area contributed by atoms with Gasteiger partial charge in [0.15, 0.2) is 0 Å². The minimum Gasteiger partial charge on any atom is -0.282 e. The standard InChI is InChI=1S/C12H8N2O4/c1-13-8(15)12(9(13)16)10(17)14(11(12)18)7-5-3-2-4-6-7/h2-6H,1H3. The maximum absolute atomic E-state index is 12.0. The largest absolute Gasteiger partial charge is 0.285 e. The maximum Gasteiger partial charge on any atom is 0.285 e. The predicted molar refractivity (Wildman–Crippen MR) is 59.1 cm³/mol. The second-order valence-corrected chi connectivity index (χ2v) is 4.20. The molecule has 0 bridgehead atoms. The fourth-order valence-electron chi connectivity index (χ4n) is 2.28. The lowest BCUT2D eigenvalue weighted by Crippen LogP contribution is -2.83. The van der Waals surface area contributed by atoms with Gasteiger partial charge in [-0.2, -0.15) is 0 Å². The number of carbonyl (C=O) groups is 4. The molecule has 0 unspecified atom stereocenters. The molecule has 1 spiro atoms. The van der Waals surface area contributed by atoms with Gasteiger partial charge in [0.2, 0.25) is 0 Å². The van der Waals surface area contributed by atoms with Gasteiger partial charge >= 0.3 is 0 Å². The number of β-lactam (4-membered cyclic amide) rings is 4. The summed E-state index contributed by atoms with van der Waals surface area (Å²) in [6.07, 6.45) is 0. The van der Waals surface area contributed by atoms with Crippen LogP contribution < -0.4 is 4.90 Å². The SMILES string of the molecule is CN1C(=O)C2(C1=O)C(=O)N(c1ccccc1)C2=O. The third kappa shape index (κ3) is 0.861. The van der Waals surface area contributed by atoms with Crippen molar-refractivity contribution < 1.29 is 19.2 Å². The van der Waals surface area contributed by atoms with E-state index < -0.39 is 29.0 Å². The quantitative estimate of drug-likeness (QED) is 0.495. The van der Waals surface area contributed by atoms with E-state index in [1.54, 1.807) is 30.3 Å². The molecule has 1 aromatic rings. The van der Waals surface area contributed by atoms with Crippen LogP contribution in [0, 0.1) is 5.41 Å². The van der Waals surface area contributed by atoms with E-state index >= 15 is 0 Å². The van der Waals surface area contributed by atoms with Crippen LogP contribution in [-0.2, 0) is 19.2 Å². The number of anilines is 1. The Morgan fingerprint density at radius 3 is 1.83 bits per heavy atom. The zero-order chi connectivity index (χ0) is 13.1. The van der Waals surface area contributed by atoms with E-state index in [2.05, 4.69) is 0 Å². The Morgan fingerprint density at radius 2 is 1.33 bits per heavy atom. The zero-order valence-corrected chi connectivity index (χ0v) is 9.41. The number of likely N-dealkylation sites (tertiary alicyclic amines) is 1. The van der Waals surface area contributed by atoms with Crippen LogP contribution in [0.4, 0.5) is 5.69 Å². The molecule has 2 saturated heterocycles. The highest BCUT2D eigenvalue weighted by molar-refractivity contribution is 6.59. The van der Waals surface area contributed by atoms with Crippen molar-refractivity contribution in [3.8, 4) is 0 Å². The predicted octanol–water partition coefficient (Wildman–Crippen LogP) is -0.455. The average molecular weight is 244 g/mol. The Morgan fingerprint density at radius 1 is 0.833 bits per heavy atom. The van der Waals surface area contributed by atoms with Crippen LogP contribution in [0.3, 0.4) is 0 Å². The Balaban J connectivity index is 1.99. The first-order chi connectivity index (χ1) is 8.52. The van der Waals surface area contributed by atoms with Crippen molar-refractivity contribution >= 4 is 29.3 Å². The normalized spacial score (nSPS) is 21.2. The zero-order valence-electron chi connectivity index (χ0n) is 9.41. The molecule has 0 aliphatic carbocycles. The molecule has 90 valence electrons. The molecule has 6 nitrogen and oxygen atoms in total. The Bertz CT molecular complexity index is 574. The molecule has 6 heteroatoms. The van der Waals surface area contributed by atoms with Gasteiger partial charge in [0.05, 0.1) is 5.69 Å². The molecule has 2 heterocycles. The molecular weight excluding hydrogens is 236 g/mol. The van der Waals surface area contributed by atoms with Crippen LogP contribution in [0.25, 0.3) is 0 Å². The molecule has 0 saturated carbocycles. The number of hydrogen-bond acceptors (Lipinski definition) is 4. The highest BCUT2D eigenvalue weighted by Crippen LogP contribution is 2.45. The van der Waals surface area contributed by atoms with Gasteiger partial charge in [-0.25, -0.2) is 4.90 Å². The van der Waals surface area contributed by atoms with E-state index in [0.29, 0.717) is 5.69 Å². The Kier molecular flexibility index (Phi) is 1.80. The summed E-state index contributed by atoms with van der Waals surface area (Å²) < 4.78 is 0. The summed E-state index contributed by atoms with van der Waals surface area (Å²) in [7, 11) is 1.25. The van der Waals surface area contributed by atoms with Crippen molar-refractivity contribution in [2.24, 2.45) is 5.41 Å². The fraction of sp³-hybridized carbons (Fsp3) is 0.167. The van der Waals surface area contributed by atoms with Gasteiger partial charge in [-0.1, -0.05) is 18.2 Å². The summed E-state index contributed by atoms with van der Waals surface area (Å²) in [6, 6.07) is 8.20. The molecule has 2 aliphatic heterocycles. The summed E-state index contributed by atoms with van der Waals surface area (Å²) in [5.74, 6) is -3.00. The molecule has 18 heavy (non-hydrogen) atoms. The molecule has 0 atom stereocenters. The summed E-state index contributed by atoms with van der Waals surface area (Å²) in [6.45, 7) is 0. The van der Waals surface area contributed by atoms with E-state index in [-0.39, 0.29) is 0 Å². The van der Waals surface area contributed by atoms with Gasteiger partial charge < -0.3 is 0 Å². The second kappa shape index (κ2) is 3.04. The molecule has 4 amide bonds. The topological polar surface area (TPSA) is 74.8 Å². The van der Waals surface area contributed by atoms with E-state index in [0.717, 1.165) is 9.80 Å². The number of para-hydroxylation sites is 1. The van der Waals surface area contributed by atoms with Gasteiger partial charge in [0, 0.05) is 7.05 Å². The highest BCUT2D eigenvalue weighted by atomic mass is 16.2. The number of benzene rings is 1. The minimum absolute atomic E-state index is 0.369. The number of carbonyl (C=O) groups excluding carboxylic acids is 4. The number of nitrogens with zero attached hydrogens (tertiary/aromatic N) is 2. The van der Waals surface area contributed by atoms with Gasteiger partial charge in [0.25, 0.3) is 29.0 Å². The third-order valence-corrected chi connectivity index (χ3v) is 3.31. The lowest BCUT2D eigenvalue weighted by atomic mass is 9.69. The maximum atomic E-state index is 12.0. The summed E-state index contributed by atoms with van der Waals surface area (Å²) >= 11 is 0. The van der Waals surface area contributed by atoms with Crippen molar-refractivity contribution in [1.82, 2.24) is 4.90 Å². The molecule has 1 aromatic carbocycles. The summed E-state index contributed by atoms with van der Waals surface area (Å²) in [5, 5.41) is 0. The molecular formula is C12H8N2O4. The average Bonchev–Trinajstić information content (AvgIpc) is 2.40. The minimum atomic E-state index is -2.08. The number of imide groups is 2.